The van der Waals surface area contributed by atoms with Crippen molar-refractivity contribution in [2.75, 3.05) is 11.4 Å². The zero-order chi connectivity index (χ0) is 11.9. The van der Waals surface area contributed by atoms with Gasteiger partial charge in [0.15, 0.2) is 5.75 Å². The minimum Gasteiger partial charge on any atom is -0.505 e. The van der Waals surface area contributed by atoms with Crippen LogP contribution in [0.1, 0.15) is 6.42 Å². The second-order valence-electron chi connectivity index (χ2n) is 3.72. The number of nitrogens with zero attached hydrogens (tertiary/aromatic N) is 1. The summed E-state index contributed by atoms with van der Waals surface area (Å²) in [4.78, 5) is 13.2. The lowest BCUT2D eigenvalue weighted by Gasteiger charge is -2.18. The molecule has 1 aliphatic heterocycles. The highest BCUT2D eigenvalue weighted by atomic mass is 79.9. The van der Waals surface area contributed by atoms with Crippen LogP contribution in [-0.4, -0.2) is 23.6 Å². The summed E-state index contributed by atoms with van der Waals surface area (Å²) in [6.07, 6.45) is 0.323. The molecule has 86 valence electrons. The van der Waals surface area contributed by atoms with Gasteiger partial charge in [0.2, 0.25) is 5.91 Å². The number of aromatic hydroxyl groups is 1. The second kappa shape index (κ2) is 4.35. The molecule has 3 N–H and O–H groups in total. The Morgan fingerprint density at radius 3 is 2.69 bits per heavy atom. The van der Waals surface area contributed by atoms with Crippen LogP contribution >= 0.6 is 31.9 Å². The van der Waals surface area contributed by atoms with E-state index >= 15 is 0 Å². The number of rotatable bonds is 1. The first-order valence-electron chi connectivity index (χ1n) is 4.73. The number of carbonyl (C=O) groups is 1. The molecule has 0 spiro atoms. The van der Waals surface area contributed by atoms with E-state index in [9.17, 15) is 9.90 Å². The number of amides is 1. The minimum absolute atomic E-state index is 0.0608. The number of phenols is 1. The van der Waals surface area contributed by atoms with Gasteiger partial charge in [0, 0.05) is 23.5 Å². The molecule has 0 aliphatic carbocycles. The summed E-state index contributed by atoms with van der Waals surface area (Å²) >= 11 is 6.55. The summed E-state index contributed by atoms with van der Waals surface area (Å²) in [7, 11) is 0. The van der Waals surface area contributed by atoms with Gasteiger partial charge in [-0.2, -0.15) is 0 Å². The standard InChI is InChI=1S/C10H10Br2N2O2/c11-5-1-7(12)10(16)8(2-5)14-4-6(13)3-9(14)15/h1-2,6,16H,3-4,13H2. The molecule has 0 bridgehead atoms. The van der Waals surface area contributed by atoms with E-state index in [-0.39, 0.29) is 17.7 Å². The van der Waals surface area contributed by atoms with Crippen LogP contribution in [0, 0.1) is 0 Å². The first-order valence-corrected chi connectivity index (χ1v) is 6.31. The largest absolute Gasteiger partial charge is 0.505 e. The fourth-order valence-electron chi connectivity index (χ4n) is 1.73. The van der Waals surface area contributed by atoms with Crippen LogP contribution in [-0.2, 0) is 4.79 Å². The first-order chi connectivity index (χ1) is 7.49. The Balaban J connectivity index is 2.44. The molecule has 1 aliphatic rings. The number of hydrogen-bond donors (Lipinski definition) is 2. The molecule has 1 fully saturated rings. The average Bonchev–Trinajstić information content (AvgIpc) is 2.51. The van der Waals surface area contributed by atoms with Crippen LogP contribution in [0.15, 0.2) is 21.1 Å². The van der Waals surface area contributed by atoms with Gasteiger partial charge in [-0.05, 0) is 28.1 Å². The van der Waals surface area contributed by atoms with Crippen LogP contribution in [0.25, 0.3) is 0 Å². The van der Waals surface area contributed by atoms with E-state index in [1.54, 1.807) is 12.1 Å². The van der Waals surface area contributed by atoms with Gasteiger partial charge in [0.05, 0.1) is 10.2 Å². The highest BCUT2D eigenvalue weighted by Gasteiger charge is 2.30. The smallest absolute Gasteiger partial charge is 0.228 e. The normalized spacial score (nSPS) is 20.6. The Kier molecular flexibility index (Phi) is 3.23. The average molecular weight is 350 g/mol. The molecule has 1 heterocycles. The van der Waals surface area contributed by atoms with Crippen molar-refractivity contribution in [3.8, 4) is 5.75 Å². The molecule has 0 saturated carbocycles. The van der Waals surface area contributed by atoms with Gasteiger partial charge in [0.1, 0.15) is 0 Å². The van der Waals surface area contributed by atoms with Crippen LogP contribution in [0.2, 0.25) is 0 Å². The lowest BCUT2D eigenvalue weighted by molar-refractivity contribution is -0.117. The van der Waals surface area contributed by atoms with Crippen LogP contribution in [0.5, 0.6) is 5.75 Å². The number of anilines is 1. The van der Waals surface area contributed by atoms with Crippen LogP contribution < -0.4 is 10.6 Å². The molecular weight excluding hydrogens is 340 g/mol. The monoisotopic (exact) mass is 348 g/mol. The molecule has 0 aromatic heterocycles. The van der Waals surface area contributed by atoms with Gasteiger partial charge in [-0.1, -0.05) is 15.9 Å². The number of hydrogen-bond acceptors (Lipinski definition) is 3. The highest BCUT2D eigenvalue weighted by molar-refractivity contribution is 9.11. The molecule has 6 heteroatoms. The molecule has 4 nitrogen and oxygen atoms in total. The molecule has 1 unspecified atom stereocenters. The molecule has 0 radical (unpaired) electrons. The summed E-state index contributed by atoms with van der Waals surface area (Å²) in [6.45, 7) is 0.440. The van der Waals surface area contributed by atoms with Gasteiger partial charge in [0.25, 0.3) is 0 Å². The lowest BCUT2D eigenvalue weighted by Crippen LogP contribution is -2.28. The Hall–Kier alpha value is -0.590. The summed E-state index contributed by atoms with van der Waals surface area (Å²) in [5.41, 5.74) is 6.20. The maximum atomic E-state index is 11.7. The van der Waals surface area contributed by atoms with Crippen molar-refractivity contribution in [1.29, 1.82) is 0 Å². The molecule has 1 aromatic rings. The van der Waals surface area contributed by atoms with E-state index in [4.69, 9.17) is 5.73 Å². The molecule has 16 heavy (non-hydrogen) atoms. The Morgan fingerprint density at radius 1 is 1.44 bits per heavy atom. The van der Waals surface area contributed by atoms with Gasteiger partial charge >= 0.3 is 0 Å². The first kappa shape index (κ1) is 11.9. The SMILES string of the molecule is NC1CC(=O)N(c2cc(Br)cc(Br)c2O)C1. The van der Waals surface area contributed by atoms with Crippen LogP contribution in [0.3, 0.4) is 0 Å². The van der Waals surface area contributed by atoms with Crippen molar-refractivity contribution >= 4 is 43.5 Å². The topological polar surface area (TPSA) is 66.6 Å². The van der Waals surface area contributed by atoms with Crippen molar-refractivity contribution in [2.24, 2.45) is 5.73 Å². The van der Waals surface area contributed by atoms with Crippen molar-refractivity contribution in [3.63, 3.8) is 0 Å². The highest BCUT2D eigenvalue weighted by Crippen LogP contribution is 2.39. The summed E-state index contributed by atoms with van der Waals surface area (Å²) < 4.78 is 1.34. The zero-order valence-corrected chi connectivity index (χ0v) is 11.5. The summed E-state index contributed by atoms with van der Waals surface area (Å²) in [6, 6.07) is 3.26. The fraction of sp³-hybridized carbons (Fsp3) is 0.300. The van der Waals surface area contributed by atoms with Crippen molar-refractivity contribution in [3.05, 3.63) is 21.1 Å². The van der Waals surface area contributed by atoms with E-state index in [1.165, 1.54) is 4.90 Å². The third-order valence-electron chi connectivity index (χ3n) is 2.45. The zero-order valence-electron chi connectivity index (χ0n) is 8.28. The number of halogens is 2. The Bertz CT molecular complexity index is 451. The maximum absolute atomic E-state index is 11.7. The molecule has 1 amide bonds. The van der Waals surface area contributed by atoms with E-state index < -0.39 is 0 Å². The van der Waals surface area contributed by atoms with Crippen molar-refractivity contribution in [2.45, 2.75) is 12.5 Å². The van der Waals surface area contributed by atoms with Gasteiger partial charge in [-0.3, -0.25) is 4.79 Å². The molecule has 1 atom stereocenters. The number of carbonyl (C=O) groups excluding carboxylic acids is 1. The quantitative estimate of drug-likeness (QED) is 0.814. The van der Waals surface area contributed by atoms with E-state index in [0.717, 1.165) is 4.47 Å². The third kappa shape index (κ3) is 2.09. The second-order valence-corrected chi connectivity index (χ2v) is 5.49. The van der Waals surface area contributed by atoms with E-state index in [1.807, 2.05) is 0 Å². The molecule has 1 aromatic carbocycles. The molecular formula is C10H10Br2N2O2. The minimum atomic E-state index is -0.162. The van der Waals surface area contributed by atoms with Crippen molar-refractivity contribution < 1.29 is 9.90 Å². The summed E-state index contributed by atoms with van der Waals surface area (Å²) in [5.74, 6) is -0.00144. The molecule has 1 saturated heterocycles. The lowest BCUT2D eigenvalue weighted by atomic mass is 10.2. The van der Waals surface area contributed by atoms with E-state index in [2.05, 4.69) is 31.9 Å². The maximum Gasteiger partial charge on any atom is 0.228 e. The Morgan fingerprint density at radius 2 is 2.12 bits per heavy atom. The van der Waals surface area contributed by atoms with Gasteiger partial charge in [-0.15, -0.1) is 0 Å². The van der Waals surface area contributed by atoms with Gasteiger partial charge < -0.3 is 15.7 Å². The third-order valence-corrected chi connectivity index (χ3v) is 3.52. The number of phenolic OH excluding ortho intramolecular Hbond substituents is 1. The molecule has 2 rings (SSSR count). The fourth-order valence-corrected chi connectivity index (χ4v) is 2.93. The Labute approximate surface area is 110 Å². The number of nitrogens with two attached hydrogens (primary N) is 1. The summed E-state index contributed by atoms with van der Waals surface area (Å²) in [5, 5.41) is 9.88. The van der Waals surface area contributed by atoms with Gasteiger partial charge in [-0.25, -0.2) is 0 Å². The predicted octanol–water partition coefficient (Wildman–Crippen LogP) is 1.98. The predicted molar refractivity (Wildman–Crippen MR) is 68.5 cm³/mol. The van der Waals surface area contributed by atoms with E-state index in [0.29, 0.717) is 23.1 Å². The van der Waals surface area contributed by atoms with Crippen LogP contribution in [0.4, 0.5) is 5.69 Å². The number of benzene rings is 1. The van der Waals surface area contributed by atoms with Crippen molar-refractivity contribution in [1.82, 2.24) is 0 Å².